The molecular formula is C27H29ClFN3O5S. The number of methoxy groups -OCH3 is 1. The lowest BCUT2D eigenvalue weighted by Gasteiger charge is -2.33. The van der Waals surface area contributed by atoms with Crippen LogP contribution in [-0.4, -0.2) is 51.9 Å². The zero-order valence-electron chi connectivity index (χ0n) is 21.2. The van der Waals surface area contributed by atoms with Gasteiger partial charge in [0.15, 0.2) is 0 Å². The molecule has 0 heterocycles. The van der Waals surface area contributed by atoms with Crippen molar-refractivity contribution in [2.45, 2.75) is 30.8 Å². The highest BCUT2D eigenvalue weighted by Gasteiger charge is 2.33. The molecule has 2 amide bonds. The van der Waals surface area contributed by atoms with E-state index in [1.165, 1.54) is 55.5 Å². The van der Waals surface area contributed by atoms with Crippen LogP contribution in [0.3, 0.4) is 0 Å². The molecule has 0 aliphatic rings. The van der Waals surface area contributed by atoms with Crippen molar-refractivity contribution < 1.29 is 27.1 Å². The zero-order valence-corrected chi connectivity index (χ0v) is 22.8. The van der Waals surface area contributed by atoms with E-state index in [4.69, 9.17) is 16.3 Å². The highest BCUT2D eigenvalue weighted by molar-refractivity contribution is 7.92. The van der Waals surface area contributed by atoms with Crippen molar-refractivity contribution in [1.29, 1.82) is 0 Å². The summed E-state index contributed by atoms with van der Waals surface area (Å²) >= 11 is 6.34. The number of nitrogens with zero attached hydrogens (tertiary/aromatic N) is 2. The van der Waals surface area contributed by atoms with Crippen LogP contribution in [-0.2, 0) is 26.2 Å². The van der Waals surface area contributed by atoms with E-state index in [2.05, 4.69) is 5.32 Å². The third-order valence-electron chi connectivity index (χ3n) is 5.97. The maximum Gasteiger partial charge on any atom is 0.264 e. The predicted molar refractivity (Wildman–Crippen MR) is 144 cm³/mol. The van der Waals surface area contributed by atoms with Crippen LogP contribution in [0.5, 0.6) is 5.75 Å². The van der Waals surface area contributed by atoms with Crippen LogP contribution in [0.4, 0.5) is 10.1 Å². The van der Waals surface area contributed by atoms with Gasteiger partial charge in [-0.25, -0.2) is 12.8 Å². The average Bonchev–Trinajstić information content (AvgIpc) is 2.92. The lowest BCUT2D eigenvalue weighted by atomic mass is 10.1. The minimum absolute atomic E-state index is 0.0235. The van der Waals surface area contributed by atoms with Crippen molar-refractivity contribution in [3.8, 4) is 5.75 Å². The van der Waals surface area contributed by atoms with Gasteiger partial charge in [0.1, 0.15) is 24.2 Å². The molecule has 0 saturated heterocycles. The fraction of sp³-hybridized carbons (Fsp3) is 0.259. The summed E-state index contributed by atoms with van der Waals surface area (Å²) in [7, 11) is -1.36. The van der Waals surface area contributed by atoms with E-state index in [-0.39, 0.29) is 23.5 Å². The van der Waals surface area contributed by atoms with Crippen LogP contribution < -0.4 is 14.4 Å². The molecule has 1 N–H and O–H groups in total. The normalized spacial score (nSPS) is 11.9. The number of amides is 2. The summed E-state index contributed by atoms with van der Waals surface area (Å²) in [6.07, 6.45) is 0.275. The minimum Gasteiger partial charge on any atom is -0.497 e. The maximum absolute atomic E-state index is 13.8. The molecule has 0 bridgehead atoms. The molecule has 3 aromatic carbocycles. The van der Waals surface area contributed by atoms with Gasteiger partial charge in [-0.1, -0.05) is 36.7 Å². The summed E-state index contributed by atoms with van der Waals surface area (Å²) in [5.74, 6) is -1.15. The molecule has 0 aromatic heterocycles. The van der Waals surface area contributed by atoms with Crippen molar-refractivity contribution in [1.82, 2.24) is 10.2 Å². The van der Waals surface area contributed by atoms with Gasteiger partial charge >= 0.3 is 0 Å². The third kappa shape index (κ3) is 6.62. The molecule has 8 nitrogen and oxygen atoms in total. The Labute approximate surface area is 227 Å². The van der Waals surface area contributed by atoms with Gasteiger partial charge in [0.25, 0.3) is 10.0 Å². The number of halogens is 2. The van der Waals surface area contributed by atoms with Gasteiger partial charge in [-0.2, -0.15) is 0 Å². The third-order valence-corrected chi connectivity index (χ3v) is 8.13. The Morgan fingerprint density at radius 1 is 1.03 bits per heavy atom. The standard InChI is InChI=1S/C27H29ClFN3O5S/c1-4-25(27(34)30-2)31(17-19-7-5-6-8-24(19)28)26(33)18-32(21-11-9-20(29)10-12-21)38(35,36)23-15-13-22(37-3)14-16-23/h5-16,25H,4,17-18H2,1-3H3,(H,30,34)/t25-/m1/s1. The fourth-order valence-corrected chi connectivity index (χ4v) is 5.52. The zero-order chi connectivity index (χ0) is 27.9. The van der Waals surface area contributed by atoms with Crippen molar-refractivity contribution in [2.75, 3.05) is 25.0 Å². The largest absolute Gasteiger partial charge is 0.497 e. The van der Waals surface area contributed by atoms with Crippen LogP contribution in [0.25, 0.3) is 0 Å². The SMILES string of the molecule is CC[C@H](C(=O)NC)N(Cc1ccccc1Cl)C(=O)CN(c1ccc(F)cc1)S(=O)(=O)c1ccc(OC)cc1. The fourth-order valence-electron chi connectivity index (χ4n) is 3.91. The molecule has 0 spiro atoms. The van der Waals surface area contributed by atoms with Crippen molar-refractivity contribution in [3.63, 3.8) is 0 Å². The van der Waals surface area contributed by atoms with E-state index < -0.39 is 40.2 Å². The molecule has 3 rings (SSSR count). The predicted octanol–water partition coefficient (Wildman–Crippen LogP) is 4.24. The average molecular weight is 562 g/mol. The molecule has 0 unspecified atom stereocenters. The molecular weight excluding hydrogens is 533 g/mol. The molecule has 0 saturated carbocycles. The lowest BCUT2D eigenvalue weighted by Crippen LogP contribution is -2.51. The quantitative estimate of drug-likeness (QED) is 0.378. The summed E-state index contributed by atoms with van der Waals surface area (Å²) in [4.78, 5) is 27.7. The Hall–Kier alpha value is -3.63. The number of sulfonamides is 1. The van der Waals surface area contributed by atoms with Gasteiger partial charge in [0.05, 0.1) is 17.7 Å². The molecule has 11 heteroatoms. The topological polar surface area (TPSA) is 96.0 Å². The van der Waals surface area contributed by atoms with E-state index in [9.17, 15) is 22.4 Å². The number of ether oxygens (including phenoxy) is 1. The number of likely N-dealkylation sites (N-methyl/N-ethyl adjacent to an activating group) is 1. The number of hydrogen-bond acceptors (Lipinski definition) is 5. The molecule has 3 aromatic rings. The number of nitrogens with one attached hydrogen (secondary N) is 1. The van der Waals surface area contributed by atoms with E-state index in [0.29, 0.717) is 16.3 Å². The van der Waals surface area contributed by atoms with Crippen molar-refractivity contribution in [3.05, 3.63) is 89.2 Å². The molecule has 0 fully saturated rings. The summed E-state index contributed by atoms with van der Waals surface area (Å²) < 4.78 is 47.2. The number of carbonyl (C=O) groups is 2. The Morgan fingerprint density at radius 2 is 1.66 bits per heavy atom. The molecule has 1 atom stereocenters. The van der Waals surface area contributed by atoms with Gasteiger partial charge in [0.2, 0.25) is 11.8 Å². The number of hydrogen-bond donors (Lipinski definition) is 1. The first-order valence-electron chi connectivity index (χ1n) is 11.8. The number of anilines is 1. The number of rotatable bonds is 11. The van der Waals surface area contributed by atoms with Crippen LogP contribution >= 0.6 is 11.6 Å². The van der Waals surface area contributed by atoms with Gasteiger partial charge < -0.3 is 15.0 Å². The summed E-state index contributed by atoms with van der Waals surface area (Å²) in [5, 5.41) is 2.96. The Bertz CT molecular complexity index is 1370. The van der Waals surface area contributed by atoms with Crippen LogP contribution in [0.2, 0.25) is 5.02 Å². The second kappa shape index (κ2) is 12.7. The molecule has 0 aliphatic heterocycles. The monoisotopic (exact) mass is 561 g/mol. The Kier molecular flexibility index (Phi) is 9.71. The second-order valence-corrected chi connectivity index (χ2v) is 10.6. The van der Waals surface area contributed by atoms with E-state index in [1.54, 1.807) is 31.2 Å². The second-order valence-electron chi connectivity index (χ2n) is 8.31. The highest BCUT2D eigenvalue weighted by atomic mass is 35.5. The molecule has 202 valence electrons. The lowest BCUT2D eigenvalue weighted by molar-refractivity contribution is -0.140. The van der Waals surface area contributed by atoms with E-state index >= 15 is 0 Å². The van der Waals surface area contributed by atoms with E-state index in [1.807, 2.05) is 0 Å². The molecule has 38 heavy (non-hydrogen) atoms. The number of carbonyl (C=O) groups excluding carboxylic acids is 2. The van der Waals surface area contributed by atoms with Crippen molar-refractivity contribution in [2.24, 2.45) is 0 Å². The highest BCUT2D eigenvalue weighted by Crippen LogP contribution is 2.27. The summed E-state index contributed by atoms with van der Waals surface area (Å²) in [6, 6.07) is 16.5. The first-order valence-corrected chi connectivity index (χ1v) is 13.6. The van der Waals surface area contributed by atoms with Gasteiger partial charge in [-0.15, -0.1) is 0 Å². The Morgan fingerprint density at radius 3 is 2.21 bits per heavy atom. The number of benzene rings is 3. The molecule has 0 aliphatic carbocycles. The van der Waals surface area contributed by atoms with Crippen LogP contribution in [0, 0.1) is 5.82 Å². The van der Waals surface area contributed by atoms with Crippen molar-refractivity contribution >= 4 is 39.1 Å². The van der Waals surface area contributed by atoms with E-state index in [0.717, 1.165) is 16.4 Å². The van der Waals surface area contributed by atoms with Gasteiger partial charge in [0, 0.05) is 18.6 Å². The van der Waals surface area contributed by atoms with Gasteiger partial charge in [-0.05, 0) is 66.6 Å². The summed E-state index contributed by atoms with van der Waals surface area (Å²) in [5.41, 5.74) is 0.678. The Balaban J connectivity index is 2.06. The first-order chi connectivity index (χ1) is 18.1. The van der Waals surface area contributed by atoms with Gasteiger partial charge in [-0.3, -0.25) is 13.9 Å². The van der Waals surface area contributed by atoms with Crippen LogP contribution in [0.15, 0.2) is 77.7 Å². The summed E-state index contributed by atoms with van der Waals surface area (Å²) in [6.45, 7) is 1.08. The smallest absolute Gasteiger partial charge is 0.264 e. The maximum atomic E-state index is 13.8. The molecule has 0 radical (unpaired) electrons. The van der Waals surface area contributed by atoms with Crippen LogP contribution in [0.1, 0.15) is 18.9 Å². The minimum atomic E-state index is -4.28. The first kappa shape index (κ1) is 28.9.